The first-order chi connectivity index (χ1) is 9.50. The molecule has 0 radical (unpaired) electrons. The van der Waals surface area contributed by atoms with Gasteiger partial charge in [0.2, 0.25) is 5.82 Å². The Kier molecular flexibility index (Phi) is 3.92. The van der Waals surface area contributed by atoms with E-state index in [4.69, 9.17) is 5.11 Å². The summed E-state index contributed by atoms with van der Waals surface area (Å²) in [4.78, 5) is 18.3. The summed E-state index contributed by atoms with van der Waals surface area (Å²) in [7, 11) is 0. The number of aromatic nitrogens is 2. The van der Waals surface area contributed by atoms with E-state index in [2.05, 4.69) is 15.3 Å². The predicted octanol–water partition coefficient (Wildman–Crippen LogP) is 1.51. The van der Waals surface area contributed by atoms with Gasteiger partial charge in [0, 0.05) is 25.4 Å². The zero-order valence-electron chi connectivity index (χ0n) is 10.1. The standard InChI is InChI=1S/C12H10F3N3O2/c13-7-5-6(9(14)11(19)10(7)15)12(20)18-2-1-8-16-3-4-17-8/h3-5,19H,1-2H2,(H,16,17)(H,18,20). The van der Waals surface area contributed by atoms with Crippen LogP contribution in [0, 0.1) is 17.5 Å². The number of amides is 1. The minimum atomic E-state index is -1.73. The van der Waals surface area contributed by atoms with Crippen molar-refractivity contribution >= 4 is 5.91 Å². The van der Waals surface area contributed by atoms with Gasteiger partial charge < -0.3 is 15.4 Å². The molecule has 2 aromatic rings. The number of hydrogen-bond donors (Lipinski definition) is 3. The summed E-state index contributed by atoms with van der Waals surface area (Å²) in [5.41, 5.74) is -0.763. The quantitative estimate of drug-likeness (QED) is 0.745. The molecule has 3 N–H and O–H groups in total. The largest absolute Gasteiger partial charge is 0.503 e. The number of halogens is 3. The van der Waals surface area contributed by atoms with E-state index in [1.165, 1.54) is 6.20 Å². The first-order valence-electron chi connectivity index (χ1n) is 5.63. The third-order valence-corrected chi connectivity index (χ3v) is 2.58. The smallest absolute Gasteiger partial charge is 0.254 e. The highest BCUT2D eigenvalue weighted by Crippen LogP contribution is 2.25. The second-order valence-corrected chi connectivity index (χ2v) is 3.92. The number of nitrogens with one attached hydrogen (secondary N) is 2. The highest BCUT2D eigenvalue weighted by Gasteiger charge is 2.22. The van der Waals surface area contributed by atoms with Crippen LogP contribution in [0.3, 0.4) is 0 Å². The first-order valence-corrected chi connectivity index (χ1v) is 5.63. The number of hydrogen-bond acceptors (Lipinski definition) is 3. The number of benzene rings is 1. The van der Waals surface area contributed by atoms with E-state index < -0.39 is 34.7 Å². The summed E-state index contributed by atoms with van der Waals surface area (Å²) >= 11 is 0. The monoisotopic (exact) mass is 285 g/mol. The lowest BCUT2D eigenvalue weighted by atomic mass is 10.1. The maximum Gasteiger partial charge on any atom is 0.254 e. The van der Waals surface area contributed by atoms with Gasteiger partial charge in [-0.15, -0.1) is 0 Å². The van der Waals surface area contributed by atoms with E-state index in [0.29, 0.717) is 18.3 Å². The number of H-pyrrole nitrogens is 1. The van der Waals surface area contributed by atoms with Crippen molar-refractivity contribution in [3.8, 4) is 5.75 Å². The van der Waals surface area contributed by atoms with E-state index in [1.807, 2.05) is 0 Å². The van der Waals surface area contributed by atoms with Crippen LogP contribution < -0.4 is 5.32 Å². The van der Waals surface area contributed by atoms with Crippen LogP contribution in [-0.2, 0) is 6.42 Å². The van der Waals surface area contributed by atoms with E-state index in [0.717, 1.165) is 0 Å². The van der Waals surface area contributed by atoms with Gasteiger partial charge in [-0.2, -0.15) is 4.39 Å². The van der Waals surface area contributed by atoms with Gasteiger partial charge >= 0.3 is 0 Å². The van der Waals surface area contributed by atoms with Crippen molar-refractivity contribution in [1.82, 2.24) is 15.3 Å². The summed E-state index contributed by atoms with van der Waals surface area (Å²) in [5.74, 6) is -6.59. The molecular formula is C12H10F3N3O2. The van der Waals surface area contributed by atoms with Crippen molar-refractivity contribution in [2.45, 2.75) is 6.42 Å². The second kappa shape index (κ2) is 5.64. The lowest BCUT2D eigenvalue weighted by Crippen LogP contribution is -2.27. The molecule has 5 nitrogen and oxygen atoms in total. The maximum absolute atomic E-state index is 13.5. The molecule has 1 aromatic heterocycles. The van der Waals surface area contributed by atoms with Gasteiger partial charge in [0.1, 0.15) is 5.82 Å². The Balaban J connectivity index is 2.06. The third kappa shape index (κ3) is 2.73. The number of carbonyl (C=O) groups is 1. The Hall–Kier alpha value is -2.51. The minimum Gasteiger partial charge on any atom is -0.503 e. The number of aromatic amines is 1. The first kappa shape index (κ1) is 13.9. The number of aromatic hydroxyl groups is 1. The summed E-state index contributed by atoms with van der Waals surface area (Å²) in [6, 6.07) is 0.395. The van der Waals surface area contributed by atoms with E-state index in [-0.39, 0.29) is 6.54 Å². The molecule has 0 atom stereocenters. The van der Waals surface area contributed by atoms with Crippen LogP contribution in [0.4, 0.5) is 13.2 Å². The molecule has 0 bridgehead atoms. The van der Waals surface area contributed by atoms with Gasteiger partial charge in [0.25, 0.3) is 5.91 Å². The molecule has 0 unspecified atom stereocenters. The van der Waals surface area contributed by atoms with Crippen molar-refractivity contribution in [2.75, 3.05) is 6.54 Å². The average Bonchev–Trinajstić information content (AvgIpc) is 2.93. The molecule has 0 aliphatic carbocycles. The highest BCUT2D eigenvalue weighted by molar-refractivity contribution is 5.94. The molecular weight excluding hydrogens is 275 g/mol. The van der Waals surface area contributed by atoms with Crippen LogP contribution in [0.1, 0.15) is 16.2 Å². The summed E-state index contributed by atoms with van der Waals surface area (Å²) in [5, 5.41) is 11.3. The molecule has 0 aliphatic rings. The van der Waals surface area contributed by atoms with Gasteiger partial charge in [0.05, 0.1) is 5.56 Å². The van der Waals surface area contributed by atoms with Crippen LogP contribution in [-0.4, -0.2) is 27.5 Å². The van der Waals surface area contributed by atoms with Gasteiger partial charge in [-0.3, -0.25) is 4.79 Å². The average molecular weight is 285 g/mol. The Bertz CT molecular complexity index is 629. The number of carbonyl (C=O) groups excluding carboxylic acids is 1. The van der Waals surface area contributed by atoms with Crippen LogP contribution >= 0.6 is 0 Å². The molecule has 1 heterocycles. The van der Waals surface area contributed by atoms with Crippen LogP contribution in [0.5, 0.6) is 5.75 Å². The zero-order valence-corrected chi connectivity index (χ0v) is 10.1. The lowest BCUT2D eigenvalue weighted by Gasteiger charge is -2.07. The second-order valence-electron chi connectivity index (χ2n) is 3.92. The molecule has 20 heavy (non-hydrogen) atoms. The fraction of sp³-hybridized carbons (Fsp3) is 0.167. The maximum atomic E-state index is 13.5. The van der Waals surface area contributed by atoms with Gasteiger partial charge in [-0.25, -0.2) is 13.8 Å². The third-order valence-electron chi connectivity index (χ3n) is 2.58. The summed E-state index contributed by atoms with van der Waals surface area (Å²) in [6.07, 6.45) is 3.49. The van der Waals surface area contributed by atoms with Gasteiger partial charge in [-0.1, -0.05) is 0 Å². The van der Waals surface area contributed by atoms with Crippen molar-refractivity contribution in [1.29, 1.82) is 0 Å². The Morgan fingerprint density at radius 1 is 1.35 bits per heavy atom. The SMILES string of the molecule is O=C(NCCc1ncc[nH]1)c1cc(F)c(F)c(O)c1F. The topological polar surface area (TPSA) is 78.0 Å². The molecule has 0 saturated carbocycles. The summed E-state index contributed by atoms with van der Waals surface area (Å²) in [6.45, 7) is 0.117. The molecule has 1 aromatic carbocycles. The van der Waals surface area contributed by atoms with E-state index in [9.17, 15) is 18.0 Å². The van der Waals surface area contributed by atoms with Gasteiger partial charge in [0.15, 0.2) is 17.4 Å². The molecule has 8 heteroatoms. The lowest BCUT2D eigenvalue weighted by molar-refractivity contribution is 0.0948. The fourth-order valence-corrected chi connectivity index (χ4v) is 1.58. The number of phenolic OH excluding ortho intramolecular Hbond substituents is 1. The normalized spacial score (nSPS) is 10.6. The van der Waals surface area contributed by atoms with Crippen molar-refractivity contribution < 1.29 is 23.1 Å². The Morgan fingerprint density at radius 3 is 2.75 bits per heavy atom. The van der Waals surface area contributed by atoms with Crippen molar-refractivity contribution in [3.63, 3.8) is 0 Å². The van der Waals surface area contributed by atoms with Crippen molar-refractivity contribution in [2.24, 2.45) is 0 Å². The van der Waals surface area contributed by atoms with Crippen molar-refractivity contribution in [3.05, 3.63) is 47.3 Å². The predicted molar refractivity (Wildman–Crippen MR) is 62.6 cm³/mol. The number of rotatable bonds is 4. The van der Waals surface area contributed by atoms with Crippen LogP contribution in [0.15, 0.2) is 18.5 Å². The van der Waals surface area contributed by atoms with E-state index in [1.54, 1.807) is 6.20 Å². The Labute approximate surface area is 111 Å². The molecule has 0 aliphatic heterocycles. The number of imidazole rings is 1. The summed E-state index contributed by atoms with van der Waals surface area (Å²) < 4.78 is 39.4. The van der Waals surface area contributed by atoms with Gasteiger partial charge in [-0.05, 0) is 6.07 Å². The highest BCUT2D eigenvalue weighted by atomic mass is 19.2. The number of phenols is 1. The minimum absolute atomic E-state index is 0.117. The fourth-order valence-electron chi connectivity index (χ4n) is 1.58. The number of nitrogens with zero attached hydrogens (tertiary/aromatic N) is 1. The molecule has 106 valence electrons. The van der Waals surface area contributed by atoms with Crippen LogP contribution in [0.2, 0.25) is 0 Å². The molecule has 2 rings (SSSR count). The molecule has 1 amide bonds. The molecule has 0 fully saturated rings. The zero-order chi connectivity index (χ0) is 14.7. The molecule has 0 spiro atoms. The van der Waals surface area contributed by atoms with E-state index >= 15 is 0 Å². The Morgan fingerprint density at radius 2 is 2.10 bits per heavy atom. The van der Waals surface area contributed by atoms with Crippen LogP contribution in [0.25, 0.3) is 0 Å². The molecule has 0 saturated heterocycles.